The lowest BCUT2D eigenvalue weighted by atomic mass is 11.0. The molecule has 2 aliphatic heterocycles. The Labute approximate surface area is 42.2 Å². The van der Waals surface area contributed by atoms with E-state index in [-0.39, 0.29) is 0 Å². The monoisotopic (exact) mass is 98.1 g/mol. The number of hydrogen-bond acceptors (Lipinski definition) is 1. The van der Waals surface area contributed by atoms with Gasteiger partial charge in [0.2, 0.25) is 0 Å². The number of guanidine groups is 1. The van der Waals surface area contributed by atoms with E-state index in [0.29, 0.717) is 0 Å². The highest BCUT2D eigenvalue weighted by atomic mass is 15.9. The summed E-state index contributed by atoms with van der Waals surface area (Å²) in [6, 6.07) is 0. The summed E-state index contributed by atoms with van der Waals surface area (Å²) in [6.45, 7) is 2.51. The summed E-state index contributed by atoms with van der Waals surface area (Å²) in [5.74, 6) is 1.17. The molecule has 1 N–H and O–H groups in total. The van der Waals surface area contributed by atoms with Crippen LogP contribution in [0.4, 0.5) is 0 Å². The van der Waals surface area contributed by atoms with Crippen LogP contribution in [-0.2, 0) is 0 Å². The van der Waals surface area contributed by atoms with Gasteiger partial charge in [-0.15, -0.1) is 4.59 Å². The fraction of sp³-hybridized carbons (Fsp3) is 0.750. The molecule has 0 atom stereocenters. The molecule has 1 spiro atoms. The number of aliphatic imine (C=N–C) groups is 1. The molecule has 7 heavy (non-hydrogen) atoms. The molecule has 0 unspecified atom stereocenters. The minimum atomic E-state index is 1.01. The van der Waals surface area contributed by atoms with Gasteiger partial charge in [-0.2, -0.15) is 5.43 Å². The van der Waals surface area contributed by atoms with Crippen LogP contribution >= 0.6 is 0 Å². The Hall–Kier alpha value is -0.570. The van der Waals surface area contributed by atoms with Crippen molar-refractivity contribution in [3.8, 4) is 0 Å². The normalized spacial score (nSPS) is 35.9. The molecule has 0 bridgehead atoms. The van der Waals surface area contributed by atoms with Crippen LogP contribution in [-0.4, -0.2) is 30.7 Å². The van der Waals surface area contributed by atoms with Gasteiger partial charge < -0.3 is 0 Å². The van der Waals surface area contributed by atoms with Crippen molar-refractivity contribution in [1.82, 2.24) is 5.43 Å². The maximum Gasteiger partial charge on any atom is 0.368 e. The molecule has 0 aliphatic carbocycles. The van der Waals surface area contributed by atoms with E-state index in [0.717, 1.165) is 4.59 Å². The lowest BCUT2D eigenvalue weighted by Gasteiger charge is -1.66. The van der Waals surface area contributed by atoms with Gasteiger partial charge in [-0.3, -0.25) is 0 Å². The molecule has 0 aromatic heterocycles. The summed E-state index contributed by atoms with van der Waals surface area (Å²) in [5, 5.41) is 0. The zero-order valence-corrected chi connectivity index (χ0v) is 4.31. The van der Waals surface area contributed by atoms with Crippen molar-refractivity contribution in [2.45, 2.75) is 0 Å². The van der Waals surface area contributed by atoms with Crippen molar-refractivity contribution >= 4 is 5.96 Å². The maximum atomic E-state index is 3.99. The van der Waals surface area contributed by atoms with Gasteiger partial charge in [-0.1, -0.05) is 0 Å². The molecule has 38 valence electrons. The standard InChI is InChI=1S/C4H8N3/c1-5-4-6-7(4)2-3-7/h2-3H2,1H3,(H,5,6)/q+1. The Balaban J connectivity index is 2.23. The fourth-order valence-corrected chi connectivity index (χ4v) is 0.831. The van der Waals surface area contributed by atoms with Crippen molar-refractivity contribution < 1.29 is 4.59 Å². The van der Waals surface area contributed by atoms with Crippen molar-refractivity contribution in [2.24, 2.45) is 4.99 Å². The van der Waals surface area contributed by atoms with E-state index in [1.165, 1.54) is 19.0 Å². The Morgan fingerprint density at radius 3 is 2.57 bits per heavy atom. The predicted molar refractivity (Wildman–Crippen MR) is 26.5 cm³/mol. The van der Waals surface area contributed by atoms with Crippen LogP contribution in [0.2, 0.25) is 0 Å². The van der Waals surface area contributed by atoms with Crippen molar-refractivity contribution in [2.75, 3.05) is 20.1 Å². The molecule has 2 saturated heterocycles. The Kier molecular flexibility index (Phi) is 0.338. The van der Waals surface area contributed by atoms with Gasteiger partial charge in [0.05, 0.1) is 0 Å². The summed E-state index contributed by atoms with van der Waals surface area (Å²) in [4.78, 5) is 3.99. The minimum absolute atomic E-state index is 1.01. The van der Waals surface area contributed by atoms with Crippen molar-refractivity contribution in [3.05, 3.63) is 0 Å². The second-order valence-electron chi connectivity index (χ2n) is 2.07. The lowest BCUT2D eigenvalue weighted by Crippen LogP contribution is -1.95. The van der Waals surface area contributed by atoms with Crippen LogP contribution < -0.4 is 5.43 Å². The van der Waals surface area contributed by atoms with Crippen LogP contribution in [0.5, 0.6) is 0 Å². The van der Waals surface area contributed by atoms with E-state index in [2.05, 4.69) is 10.4 Å². The highest BCUT2D eigenvalue weighted by Crippen LogP contribution is 2.28. The average molecular weight is 98.1 g/mol. The largest absolute Gasteiger partial charge is 0.368 e. The summed E-state index contributed by atoms with van der Waals surface area (Å²) in [5.41, 5.74) is 3.16. The lowest BCUT2D eigenvalue weighted by molar-refractivity contribution is -0.633. The number of rotatable bonds is 0. The average Bonchev–Trinajstić information content (AvgIpc) is 2.52. The molecule has 0 aromatic carbocycles. The molecule has 0 amide bonds. The molecule has 0 radical (unpaired) electrons. The molecule has 2 aliphatic rings. The second kappa shape index (κ2) is 0.690. The van der Waals surface area contributed by atoms with Gasteiger partial charge in [0.1, 0.15) is 0 Å². The highest BCUT2D eigenvalue weighted by molar-refractivity contribution is 5.82. The van der Waals surface area contributed by atoms with Gasteiger partial charge in [0.25, 0.3) is 0 Å². The highest BCUT2D eigenvalue weighted by Gasteiger charge is 2.64. The van der Waals surface area contributed by atoms with Crippen LogP contribution in [0.15, 0.2) is 4.99 Å². The molecular weight excluding hydrogens is 90.1 g/mol. The van der Waals surface area contributed by atoms with E-state index in [1.807, 2.05) is 7.05 Å². The van der Waals surface area contributed by atoms with Crippen LogP contribution in [0, 0.1) is 0 Å². The third kappa shape index (κ3) is 0.268. The Morgan fingerprint density at radius 2 is 2.43 bits per heavy atom. The van der Waals surface area contributed by atoms with Gasteiger partial charge in [0, 0.05) is 7.05 Å². The maximum absolute atomic E-state index is 3.99. The van der Waals surface area contributed by atoms with E-state index in [9.17, 15) is 0 Å². The van der Waals surface area contributed by atoms with Crippen LogP contribution in [0.3, 0.4) is 0 Å². The van der Waals surface area contributed by atoms with E-state index in [1.54, 1.807) is 0 Å². The smallest absolute Gasteiger partial charge is 0.215 e. The van der Waals surface area contributed by atoms with Gasteiger partial charge in [-0.25, -0.2) is 4.99 Å². The number of nitrogens with one attached hydrogen (secondary N) is 1. The first-order valence-electron chi connectivity index (χ1n) is 2.50. The number of quaternary nitrogens is 1. The predicted octanol–water partition coefficient (Wildman–Crippen LogP) is -0.679. The third-order valence-electron chi connectivity index (χ3n) is 1.55. The zero-order chi connectivity index (χ0) is 4.91. The SMILES string of the molecule is CN=C1N[N+]12CC2. The number of hydrogen-bond donors (Lipinski definition) is 1. The summed E-state index contributed by atoms with van der Waals surface area (Å²) in [6.07, 6.45) is 0. The van der Waals surface area contributed by atoms with Crippen molar-refractivity contribution in [3.63, 3.8) is 0 Å². The topological polar surface area (TPSA) is 34.3 Å². The molecule has 3 nitrogen and oxygen atoms in total. The first kappa shape index (κ1) is 3.43. The third-order valence-corrected chi connectivity index (χ3v) is 1.55. The van der Waals surface area contributed by atoms with Gasteiger partial charge in [0.15, 0.2) is 13.1 Å². The minimum Gasteiger partial charge on any atom is -0.215 e. The van der Waals surface area contributed by atoms with E-state index in [4.69, 9.17) is 0 Å². The zero-order valence-electron chi connectivity index (χ0n) is 4.31. The molecule has 2 fully saturated rings. The van der Waals surface area contributed by atoms with Crippen molar-refractivity contribution in [1.29, 1.82) is 0 Å². The molecule has 0 aromatic rings. The second-order valence-corrected chi connectivity index (χ2v) is 2.07. The number of nitrogens with zero attached hydrogens (tertiary/aromatic N) is 2. The summed E-state index contributed by atoms with van der Waals surface area (Å²) >= 11 is 0. The van der Waals surface area contributed by atoms with E-state index >= 15 is 0 Å². The van der Waals surface area contributed by atoms with Crippen LogP contribution in [0.1, 0.15) is 0 Å². The quantitative estimate of drug-likeness (QED) is 0.316. The fourth-order valence-electron chi connectivity index (χ4n) is 0.831. The molecule has 3 heteroatoms. The first-order chi connectivity index (χ1) is 3.37. The van der Waals surface area contributed by atoms with Gasteiger partial charge >= 0.3 is 5.96 Å². The van der Waals surface area contributed by atoms with Gasteiger partial charge in [-0.05, 0) is 0 Å². The Morgan fingerprint density at radius 1 is 1.71 bits per heavy atom. The summed E-state index contributed by atoms with van der Waals surface area (Å²) in [7, 11) is 1.83. The molecule has 2 rings (SSSR count). The summed E-state index contributed by atoms with van der Waals surface area (Å²) < 4.78 is 1.01. The molecular formula is C4H8N3+. The first-order valence-corrected chi connectivity index (χ1v) is 2.50. The Bertz CT molecular complexity index is 134. The molecule has 0 saturated carbocycles. The molecule has 2 heterocycles. The van der Waals surface area contributed by atoms with Crippen LogP contribution in [0.25, 0.3) is 0 Å². The van der Waals surface area contributed by atoms with E-state index < -0.39 is 0 Å².